The van der Waals surface area contributed by atoms with Crippen molar-refractivity contribution in [3.8, 4) is 0 Å². The number of thiol groups is 1. The Balaban J connectivity index is 1.85. The zero-order chi connectivity index (χ0) is 11.5. The molecule has 1 aromatic rings. The number of hydrogen-bond donors (Lipinski definition) is 2. The van der Waals surface area contributed by atoms with Gasteiger partial charge in [-0.05, 0) is 48.9 Å². The van der Waals surface area contributed by atoms with Crippen LogP contribution in [0, 0.1) is 11.8 Å². The van der Waals surface area contributed by atoms with Gasteiger partial charge < -0.3 is 5.32 Å². The molecule has 2 rings (SSSR count). The second kappa shape index (κ2) is 4.91. The van der Waals surface area contributed by atoms with Crippen LogP contribution in [0.1, 0.15) is 30.1 Å². The third-order valence-corrected chi connectivity index (χ3v) is 3.44. The predicted molar refractivity (Wildman–Crippen MR) is 67.9 cm³/mol. The van der Waals surface area contributed by atoms with Gasteiger partial charge in [-0.1, -0.05) is 6.92 Å². The molecule has 1 saturated carbocycles. The summed E-state index contributed by atoms with van der Waals surface area (Å²) in [5, 5.41) is 2.98. The molecule has 16 heavy (non-hydrogen) atoms. The first-order valence-electron chi connectivity index (χ1n) is 5.74. The second-order valence-electron chi connectivity index (χ2n) is 4.57. The van der Waals surface area contributed by atoms with Crippen molar-refractivity contribution in [3.05, 3.63) is 29.8 Å². The normalized spacial score (nSPS) is 16.9. The summed E-state index contributed by atoms with van der Waals surface area (Å²) in [5.74, 6) is 1.45. The highest BCUT2D eigenvalue weighted by Crippen LogP contribution is 2.36. The van der Waals surface area contributed by atoms with Gasteiger partial charge in [0.1, 0.15) is 0 Å². The van der Waals surface area contributed by atoms with E-state index in [9.17, 15) is 4.79 Å². The first-order valence-corrected chi connectivity index (χ1v) is 6.19. The SMILES string of the molecule is CC(CNC(=O)c1ccc(S)cc1)C1CC1. The summed E-state index contributed by atoms with van der Waals surface area (Å²) in [6.45, 7) is 2.99. The molecule has 3 heteroatoms. The topological polar surface area (TPSA) is 29.1 Å². The van der Waals surface area contributed by atoms with E-state index in [1.807, 2.05) is 12.1 Å². The zero-order valence-corrected chi connectivity index (χ0v) is 10.3. The molecule has 0 aliphatic heterocycles. The number of rotatable bonds is 4. The summed E-state index contributed by atoms with van der Waals surface area (Å²) in [6, 6.07) is 7.28. The molecule has 1 aliphatic rings. The molecule has 1 aromatic carbocycles. The van der Waals surface area contributed by atoms with Crippen molar-refractivity contribution >= 4 is 18.5 Å². The molecule has 86 valence electrons. The minimum absolute atomic E-state index is 0.0147. The van der Waals surface area contributed by atoms with Crippen LogP contribution in [0.25, 0.3) is 0 Å². The van der Waals surface area contributed by atoms with Gasteiger partial charge in [-0.2, -0.15) is 0 Å². The maximum absolute atomic E-state index is 11.8. The molecular formula is C13H17NOS. The van der Waals surface area contributed by atoms with Crippen molar-refractivity contribution in [1.82, 2.24) is 5.32 Å². The highest BCUT2D eigenvalue weighted by Gasteiger charge is 2.27. The Labute approximate surface area is 102 Å². The van der Waals surface area contributed by atoms with E-state index in [4.69, 9.17) is 0 Å². The van der Waals surface area contributed by atoms with E-state index in [0.717, 1.165) is 17.4 Å². The zero-order valence-electron chi connectivity index (χ0n) is 9.44. The molecule has 1 amide bonds. The molecule has 0 radical (unpaired) electrons. The van der Waals surface area contributed by atoms with Gasteiger partial charge in [-0.25, -0.2) is 0 Å². The highest BCUT2D eigenvalue weighted by molar-refractivity contribution is 7.80. The van der Waals surface area contributed by atoms with E-state index >= 15 is 0 Å². The number of benzene rings is 1. The molecule has 1 fully saturated rings. The van der Waals surface area contributed by atoms with Crippen molar-refractivity contribution in [2.75, 3.05) is 6.54 Å². The Morgan fingerprint density at radius 3 is 2.62 bits per heavy atom. The molecule has 2 nitrogen and oxygen atoms in total. The van der Waals surface area contributed by atoms with Crippen molar-refractivity contribution in [1.29, 1.82) is 0 Å². The fraction of sp³-hybridized carbons (Fsp3) is 0.462. The Morgan fingerprint density at radius 2 is 2.06 bits per heavy atom. The summed E-state index contributed by atoms with van der Waals surface area (Å²) in [7, 11) is 0. The van der Waals surface area contributed by atoms with Gasteiger partial charge in [0.25, 0.3) is 5.91 Å². The summed E-state index contributed by atoms with van der Waals surface area (Å²) >= 11 is 4.19. The van der Waals surface area contributed by atoms with Gasteiger partial charge >= 0.3 is 0 Å². The number of carbonyl (C=O) groups excluding carboxylic acids is 1. The molecule has 1 N–H and O–H groups in total. The standard InChI is InChI=1S/C13H17NOS/c1-9(10-2-3-10)8-14-13(15)11-4-6-12(16)7-5-11/h4-7,9-10,16H,2-3,8H2,1H3,(H,14,15). The summed E-state index contributed by atoms with van der Waals surface area (Å²) in [5.41, 5.74) is 0.709. The lowest BCUT2D eigenvalue weighted by atomic mass is 10.1. The quantitative estimate of drug-likeness (QED) is 0.772. The molecule has 0 spiro atoms. The maximum atomic E-state index is 11.8. The van der Waals surface area contributed by atoms with E-state index in [1.165, 1.54) is 12.8 Å². The molecule has 0 heterocycles. The Morgan fingerprint density at radius 1 is 1.44 bits per heavy atom. The van der Waals surface area contributed by atoms with Crippen LogP contribution >= 0.6 is 12.6 Å². The van der Waals surface area contributed by atoms with Gasteiger partial charge in [-0.3, -0.25) is 4.79 Å². The van der Waals surface area contributed by atoms with Crippen LogP contribution in [-0.2, 0) is 0 Å². The van der Waals surface area contributed by atoms with Crippen LogP contribution in [-0.4, -0.2) is 12.5 Å². The first kappa shape index (κ1) is 11.5. The lowest BCUT2D eigenvalue weighted by Crippen LogP contribution is -2.28. The first-order chi connectivity index (χ1) is 7.66. The number of amides is 1. The van der Waals surface area contributed by atoms with E-state index in [2.05, 4.69) is 24.9 Å². The number of hydrogen-bond acceptors (Lipinski definition) is 2. The molecule has 0 aromatic heterocycles. The monoisotopic (exact) mass is 235 g/mol. The van der Waals surface area contributed by atoms with Crippen molar-refractivity contribution in [2.45, 2.75) is 24.7 Å². The lowest BCUT2D eigenvalue weighted by molar-refractivity contribution is 0.0946. The van der Waals surface area contributed by atoms with Gasteiger partial charge in [0.05, 0.1) is 0 Å². The minimum atomic E-state index is 0.0147. The maximum Gasteiger partial charge on any atom is 0.251 e. The Hall–Kier alpha value is -0.960. The van der Waals surface area contributed by atoms with Crippen molar-refractivity contribution < 1.29 is 4.79 Å². The summed E-state index contributed by atoms with van der Waals surface area (Å²) in [6.07, 6.45) is 2.65. The van der Waals surface area contributed by atoms with Crippen LogP contribution in [0.4, 0.5) is 0 Å². The summed E-state index contributed by atoms with van der Waals surface area (Å²) in [4.78, 5) is 12.6. The lowest BCUT2D eigenvalue weighted by Gasteiger charge is -2.11. The van der Waals surface area contributed by atoms with E-state index in [-0.39, 0.29) is 5.91 Å². The van der Waals surface area contributed by atoms with Gasteiger partial charge in [0, 0.05) is 17.0 Å². The number of nitrogens with one attached hydrogen (secondary N) is 1. The van der Waals surface area contributed by atoms with Crippen LogP contribution in [0.3, 0.4) is 0 Å². The average Bonchev–Trinajstić information content (AvgIpc) is 3.10. The smallest absolute Gasteiger partial charge is 0.251 e. The van der Waals surface area contributed by atoms with E-state index in [0.29, 0.717) is 11.5 Å². The number of carbonyl (C=O) groups is 1. The highest BCUT2D eigenvalue weighted by atomic mass is 32.1. The van der Waals surface area contributed by atoms with Crippen molar-refractivity contribution in [3.63, 3.8) is 0 Å². The van der Waals surface area contributed by atoms with Gasteiger partial charge in [-0.15, -0.1) is 12.6 Å². The molecule has 0 saturated heterocycles. The summed E-state index contributed by atoms with van der Waals surface area (Å²) < 4.78 is 0. The van der Waals surface area contributed by atoms with Crippen LogP contribution < -0.4 is 5.32 Å². The predicted octanol–water partition coefficient (Wildman–Crippen LogP) is 2.75. The van der Waals surface area contributed by atoms with Gasteiger partial charge in [0.2, 0.25) is 0 Å². The van der Waals surface area contributed by atoms with Crippen LogP contribution in [0.2, 0.25) is 0 Å². The molecular weight excluding hydrogens is 218 g/mol. The van der Waals surface area contributed by atoms with Crippen molar-refractivity contribution in [2.24, 2.45) is 11.8 Å². The molecule has 1 aliphatic carbocycles. The fourth-order valence-corrected chi connectivity index (χ4v) is 1.95. The fourth-order valence-electron chi connectivity index (χ4n) is 1.80. The second-order valence-corrected chi connectivity index (χ2v) is 5.09. The molecule has 0 bridgehead atoms. The molecule has 1 atom stereocenters. The third-order valence-electron chi connectivity index (χ3n) is 3.14. The third kappa shape index (κ3) is 3.01. The average molecular weight is 235 g/mol. The Kier molecular flexibility index (Phi) is 3.54. The van der Waals surface area contributed by atoms with E-state index < -0.39 is 0 Å². The minimum Gasteiger partial charge on any atom is -0.352 e. The van der Waals surface area contributed by atoms with Gasteiger partial charge in [0.15, 0.2) is 0 Å². The van der Waals surface area contributed by atoms with Crippen LogP contribution in [0.15, 0.2) is 29.2 Å². The molecule has 1 unspecified atom stereocenters. The van der Waals surface area contributed by atoms with E-state index in [1.54, 1.807) is 12.1 Å². The van der Waals surface area contributed by atoms with Crippen LogP contribution in [0.5, 0.6) is 0 Å². The largest absolute Gasteiger partial charge is 0.352 e. The Bertz CT molecular complexity index is 370.